The van der Waals surface area contributed by atoms with Gasteiger partial charge in [0.2, 0.25) is 0 Å². The molecule has 3 aliphatic rings. The van der Waals surface area contributed by atoms with Gasteiger partial charge in [-0.2, -0.15) is 0 Å². The molecule has 3 aliphatic heterocycles. The molecule has 148 valence electrons. The fourth-order valence-corrected chi connectivity index (χ4v) is 5.07. The van der Waals surface area contributed by atoms with Gasteiger partial charge in [-0.25, -0.2) is 0 Å². The summed E-state index contributed by atoms with van der Waals surface area (Å²) in [6.45, 7) is 7.37. The smallest absolute Gasteiger partial charge is 0.193 e. The van der Waals surface area contributed by atoms with Gasteiger partial charge in [0.25, 0.3) is 0 Å². The molecule has 3 saturated heterocycles. The van der Waals surface area contributed by atoms with Crippen molar-refractivity contribution in [2.24, 2.45) is 4.99 Å². The van der Waals surface area contributed by atoms with Gasteiger partial charge in [-0.15, -0.1) is 0 Å². The second kappa shape index (κ2) is 8.61. The number of aliphatic imine (C=N–C) groups is 1. The molecule has 1 aromatic rings. The molecule has 27 heavy (non-hydrogen) atoms. The molecule has 0 radical (unpaired) electrons. The predicted octanol–water partition coefficient (Wildman–Crippen LogP) is 2.70. The number of hydrogen-bond acceptors (Lipinski definition) is 3. The summed E-state index contributed by atoms with van der Waals surface area (Å²) in [6, 6.07) is 10.9. The largest absolute Gasteiger partial charge is 0.381 e. The van der Waals surface area contributed by atoms with E-state index in [9.17, 15) is 0 Å². The number of rotatable bonds is 4. The van der Waals surface area contributed by atoms with Gasteiger partial charge in [-0.05, 0) is 50.8 Å². The van der Waals surface area contributed by atoms with Crippen LogP contribution >= 0.6 is 0 Å². The van der Waals surface area contributed by atoms with E-state index in [2.05, 4.69) is 50.4 Å². The first-order chi connectivity index (χ1) is 13.3. The van der Waals surface area contributed by atoms with E-state index in [4.69, 9.17) is 4.74 Å². The fraction of sp³-hybridized carbons (Fsp3) is 0.682. The highest BCUT2D eigenvalue weighted by molar-refractivity contribution is 5.80. The van der Waals surface area contributed by atoms with Crippen LogP contribution < -0.4 is 5.32 Å². The Labute approximate surface area is 163 Å². The minimum atomic E-state index is 0.239. The van der Waals surface area contributed by atoms with Crippen molar-refractivity contribution in [2.45, 2.75) is 43.6 Å². The van der Waals surface area contributed by atoms with Crippen molar-refractivity contribution in [3.05, 3.63) is 35.9 Å². The predicted molar refractivity (Wildman–Crippen MR) is 110 cm³/mol. The van der Waals surface area contributed by atoms with Crippen molar-refractivity contribution in [3.8, 4) is 0 Å². The van der Waals surface area contributed by atoms with Crippen molar-refractivity contribution in [1.29, 1.82) is 0 Å². The summed E-state index contributed by atoms with van der Waals surface area (Å²) in [7, 11) is 1.92. The highest BCUT2D eigenvalue weighted by atomic mass is 16.5. The SMILES string of the molecule is CN=C(NCC1(N2CCCC2)CCOCC1)N1CCC(c2ccccc2)C1. The van der Waals surface area contributed by atoms with E-state index < -0.39 is 0 Å². The van der Waals surface area contributed by atoms with E-state index >= 15 is 0 Å². The monoisotopic (exact) mass is 370 g/mol. The first-order valence-corrected chi connectivity index (χ1v) is 10.6. The number of guanidine groups is 1. The Bertz CT molecular complexity index is 620. The first kappa shape index (κ1) is 18.8. The lowest BCUT2D eigenvalue weighted by Gasteiger charge is -2.45. The summed E-state index contributed by atoms with van der Waals surface area (Å²) in [6.07, 6.45) is 6.13. The van der Waals surface area contributed by atoms with Crippen LogP contribution in [-0.4, -0.2) is 74.3 Å². The number of nitrogens with one attached hydrogen (secondary N) is 1. The van der Waals surface area contributed by atoms with E-state index in [-0.39, 0.29) is 5.54 Å². The zero-order chi connectivity index (χ0) is 18.5. The molecule has 1 atom stereocenters. The minimum Gasteiger partial charge on any atom is -0.381 e. The highest BCUT2D eigenvalue weighted by Gasteiger charge is 2.40. The number of ether oxygens (including phenoxy) is 1. The number of benzene rings is 1. The summed E-state index contributed by atoms with van der Waals surface area (Å²) in [4.78, 5) is 9.78. The molecular formula is C22H34N4O. The van der Waals surface area contributed by atoms with Crippen molar-refractivity contribution in [1.82, 2.24) is 15.1 Å². The third-order valence-corrected chi connectivity index (χ3v) is 6.75. The molecular weight excluding hydrogens is 336 g/mol. The quantitative estimate of drug-likeness (QED) is 0.653. The number of likely N-dealkylation sites (tertiary alicyclic amines) is 2. The molecule has 5 nitrogen and oxygen atoms in total. The van der Waals surface area contributed by atoms with Gasteiger partial charge in [0.15, 0.2) is 5.96 Å². The molecule has 5 heteroatoms. The topological polar surface area (TPSA) is 40.1 Å². The van der Waals surface area contributed by atoms with Crippen LogP contribution in [0, 0.1) is 0 Å². The van der Waals surface area contributed by atoms with Crippen molar-refractivity contribution >= 4 is 5.96 Å². The van der Waals surface area contributed by atoms with Crippen LogP contribution in [0.3, 0.4) is 0 Å². The van der Waals surface area contributed by atoms with E-state index in [1.807, 2.05) is 7.05 Å². The van der Waals surface area contributed by atoms with E-state index in [0.717, 1.165) is 51.6 Å². The molecule has 3 fully saturated rings. The lowest BCUT2D eigenvalue weighted by Crippen LogP contribution is -2.58. The standard InChI is InChI=1S/C22H34N4O/c1-23-21(25-14-9-20(17-25)19-7-3-2-4-8-19)24-18-22(10-15-27-16-11-22)26-12-5-6-13-26/h2-4,7-8,20H,5-6,9-18H2,1H3,(H,23,24). The Hall–Kier alpha value is -1.59. The minimum absolute atomic E-state index is 0.239. The van der Waals surface area contributed by atoms with Crippen molar-refractivity contribution < 1.29 is 4.74 Å². The molecule has 3 heterocycles. The van der Waals surface area contributed by atoms with Gasteiger partial charge in [-0.1, -0.05) is 30.3 Å². The van der Waals surface area contributed by atoms with Gasteiger partial charge in [0, 0.05) is 51.4 Å². The normalized spacial score (nSPS) is 26.5. The molecule has 1 N–H and O–H groups in total. The van der Waals surface area contributed by atoms with Crippen LogP contribution in [0.15, 0.2) is 35.3 Å². The highest BCUT2D eigenvalue weighted by Crippen LogP contribution is 2.31. The molecule has 0 amide bonds. The molecule has 1 aromatic carbocycles. The van der Waals surface area contributed by atoms with Crippen LogP contribution in [0.5, 0.6) is 0 Å². The second-order valence-corrected chi connectivity index (χ2v) is 8.27. The molecule has 4 rings (SSSR count). The Kier molecular flexibility index (Phi) is 5.98. The molecule has 0 aromatic heterocycles. The Balaban J connectivity index is 1.38. The van der Waals surface area contributed by atoms with Gasteiger partial charge < -0.3 is 15.0 Å². The average Bonchev–Trinajstić information content (AvgIpc) is 3.43. The van der Waals surface area contributed by atoms with Crippen LogP contribution in [-0.2, 0) is 4.74 Å². The van der Waals surface area contributed by atoms with Gasteiger partial charge in [-0.3, -0.25) is 9.89 Å². The first-order valence-electron chi connectivity index (χ1n) is 10.6. The maximum Gasteiger partial charge on any atom is 0.193 e. The average molecular weight is 371 g/mol. The zero-order valence-corrected chi connectivity index (χ0v) is 16.7. The maximum absolute atomic E-state index is 5.69. The molecule has 0 saturated carbocycles. The van der Waals surface area contributed by atoms with Crippen LogP contribution in [0.4, 0.5) is 0 Å². The lowest BCUT2D eigenvalue weighted by atomic mass is 9.88. The van der Waals surface area contributed by atoms with Crippen molar-refractivity contribution in [3.63, 3.8) is 0 Å². The van der Waals surface area contributed by atoms with E-state index in [1.54, 1.807) is 0 Å². The fourth-order valence-electron chi connectivity index (χ4n) is 5.07. The Morgan fingerprint density at radius 2 is 1.89 bits per heavy atom. The van der Waals surface area contributed by atoms with E-state index in [0.29, 0.717) is 5.92 Å². The maximum atomic E-state index is 5.69. The summed E-state index contributed by atoms with van der Waals surface area (Å²) in [5.74, 6) is 1.68. The number of hydrogen-bond donors (Lipinski definition) is 1. The summed E-state index contributed by atoms with van der Waals surface area (Å²) in [5.41, 5.74) is 1.69. The van der Waals surface area contributed by atoms with Gasteiger partial charge >= 0.3 is 0 Å². The lowest BCUT2D eigenvalue weighted by molar-refractivity contribution is -0.0166. The van der Waals surface area contributed by atoms with Gasteiger partial charge in [0.1, 0.15) is 0 Å². The van der Waals surface area contributed by atoms with Crippen molar-refractivity contribution in [2.75, 3.05) is 53.0 Å². The molecule has 0 spiro atoms. The van der Waals surface area contributed by atoms with Crippen LogP contribution in [0.1, 0.15) is 43.6 Å². The molecule has 0 aliphatic carbocycles. The second-order valence-electron chi connectivity index (χ2n) is 8.27. The Morgan fingerprint density at radius 1 is 1.15 bits per heavy atom. The molecule has 1 unspecified atom stereocenters. The van der Waals surface area contributed by atoms with Gasteiger partial charge in [0.05, 0.1) is 0 Å². The zero-order valence-electron chi connectivity index (χ0n) is 16.7. The summed E-state index contributed by atoms with van der Waals surface area (Å²) >= 11 is 0. The number of nitrogens with zero attached hydrogens (tertiary/aromatic N) is 3. The summed E-state index contributed by atoms with van der Waals surface area (Å²) in [5, 5.41) is 3.75. The third kappa shape index (κ3) is 4.14. The van der Waals surface area contributed by atoms with E-state index in [1.165, 1.54) is 37.9 Å². The summed E-state index contributed by atoms with van der Waals surface area (Å²) < 4.78 is 5.69. The van der Waals surface area contributed by atoms with Crippen LogP contribution in [0.2, 0.25) is 0 Å². The third-order valence-electron chi connectivity index (χ3n) is 6.75. The van der Waals surface area contributed by atoms with Crippen LogP contribution in [0.25, 0.3) is 0 Å². The molecule has 0 bridgehead atoms. The Morgan fingerprint density at radius 3 is 2.59 bits per heavy atom.